The molecule has 0 radical (unpaired) electrons. The Balaban J connectivity index is 1.26. The maximum Gasteiger partial charge on any atom is 0.242 e. The zero-order chi connectivity index (χ0) is 24.6. The number of hydrogen-bond donors (Lipinski definition) is 2. The van der Waals surface area contributed by atoms with Crippen LogP contribution in [0.2, 0.25) is 0 Å². The molecule has 1 fully saturated rings. The number of aromatic amines is 1. The lowest BCUT2D eigenvalue weighted by molar-refractivity contribution is 0.566. The third kappa shape index (κ3) is 4.69. The summed E-state index contributed by atoms with van der Waals surface area (Å²) in [4.78, 5) is 20.7. The summed E-state index contributed by atoms with van der Waals surface area (Å²) in [6, 6.07) is 10.7. The first-order chi connectivity index (χ1) is 16.8. The molecule has 5 rings (SSSR count). The maximum atomic E-state index is 13.2. The smallest absolute Gasteiger partial charge is 0.242 e. The predicted molar refractivity (Wildman–Crippen MR) is 132 cm³/mol. The highest BCUT2D eigenvalue weighted by molar-refractivity contribution is 7.89. The SMILES string of the molecule is CC(NS(=O)(=O)c1ccc(N(C)C2CCN(c3ncnc4[nH]ccc34)C2)nc1)c1ccc(F)cc1. The van der Waals surface area contributed by atoms with Crippen LogP contribution in [0.15, 0.2) is 66.1 Å². The van der Waals surface area contributed by atoms with Crippen molar-refractivity contribution in [1.29, 1.82) is 0 Å². The zero-order valence-corrected chi connectivity index (χ0v) is 20.2. The second kappa shape index (κ2) is 9.23. The van der Waals surface area contributed by atoms with Crippen molar-refractivity contribution in [2.24, 2.45) is 0 Å². The molecule has 1 aromatic carbocycles. The number of pyridine rings is 1. The maximum absolute atomic E-state index is 13.2. The summed E-state index contributed by atoms with van der Waals surface area (Å²) in [6.45, 7) is 3.33. The van der Waals surface area contributed by atoms with Gasteiger partial charge >= 0.3 is 0 Å². The summed E-state index contributed by atoms with van der Waals surface area (Å²) in [5.41, 5.74) is 1.48. The molecule has 2 N–H and O–H groups in total. The first kappa shape index (κ1) is 23.2. The van der Waals surface area contributed by atoms with Gasteiger partial charge < -0.3 is 14.8 Å². The quantitative estimate of drug-likeness (QED) is 0.405. The molecule has 35 heavy (non-hydrogen) atoms. The van der Waals surface area contributed by atoms with Crippen molar-refractivity contribution in [3.8, 4) is 0 Å². The largest absolute Gasteiger partial charge is 0.355 e. The first-order valence-corrected chi connectivity index (χ1v) is 12.8. The number of halogens is 1. The monoisotopic (exact) mass is 495 g/mol. The van der Waals surface area contributed by atoms with Crippen molar-refractivity contribution in [1.82, 2.24) is 24.7 Å². The van der Waals surface area contributed by atoms with E-state index in [1.54, 1.807) is 37.5 Å². The Morgan fingerprint density at radius 3 is 2.69 bits per heavy atom. The van der Waals surface area contributed by atoms with Crippen LogP contribution in [0, 0.1) is 5.82 Å². The van der Waals surface area contributed by atoms with Crippen molar-refractivity contribution < 1.29 is 12.8 Å². The molecule has 4 heterocycles. The van der Waals surface area contributed by atoms with Gasteiger partial charge in [0.1, 0.15) is 34.3 Å². The van der Waals surface area contributed by atoms with E-state index in [4.69, 9.17) is 0 Å². The second-order valence-electron chi connectivity index (χ2n) is 8.68. The molecule has 1 aliphatic rings. The number of fused-ring (bicyclic) bond motifs is 1. The van der Waals surface area contributed by atoms with Crippen LogP contribution in [-0.4, -0.2) is 54.5 Å². The molecule has 9 nitrogen and oxygen atoms in total. The van der Waals surface area contributed by atoms with Crippen molar-refractivity contribution >= 4 is 32.7 Å². The normalized spacial score (nSPS) is 17.1. The lowest BCUT2D eigenvalue weighted by Crippen LogP contribution is -2.35. The highest BCUT2D eigenvalue weighted by atomic mass is 32.2. The average Bonchev–Trinajstić information content (AvgIpc) is 3.54. The van der Waals surface area contributed by atoms with Crippen molar-refractivity contribution in [2.75, 3.05) is 29.9 Å². The number of nitrogens with one attached hydrogen (secondary N) is 2. The number of benzene rings is 1. The molecule has 4 aromatic rings. The minimum atomic E-state index is -3.79. The standard InChI is InChI=1S/C24H26FN7O2S/c1-16(17-3-5-18(25)6-4-17)30-35(33,34)20-7-8-22(27-13-20)31(2)19-10-12-32(14-19)24-21-9-11-26-23(21)28-15-29-24/h3-9,11,13,15-16,19,30H,10,12,14H2,1-2H3,(H,26,28,29). The van der Waals surface area contributed by atoms with E-state index < -0.39 is 16.1 Å². The van der Waals surface area contributed by atoms with Gasteiger partial charge in [0.2, 0.25) is 10.0 Å². The number of rotatable bonds is 7. The summed E-state index contributed by atoms with van der Waals surface area (Å²) in [5, 5.41) is 0.992. The summed E-state index contributed by atoms with van der Waals surface area (Å²) < 4.78 is 41.5. The van der Waals surface area contributed by atoms with Gasteiger partial charge in [0.05, 0.1) is 5.39 Å². The minimum Gasteiger partial charge on any atom is -0.355 e. The van der Waals surface area contributed by atoms with E-state index >= 15 is 0 Å². The number of aromatic nitrogens is 4. The topological polar surface area (TPSA) is 107 Å². The van der Waals surface area contributed by atoms with Gasteiger partial charge in [0.25, 0.3) is 0 Å². The van der Waals surface area contributed by atoms with Crippen LogP contribution >= 0.6 is 0 Å². The minimum absolute atomic E-state index is 0.0764. The predicted octanol–water partition coefficient (Wildman–Crippen LogP) is 3.25. The number of sulfonamides is 1. The van der Waals surface area contributed by atoms with E-state index in [0.29, 0.717) is 11.4 Å². The van der Waals surface area contributed by atoms with Gasteiger partial charge in [-0.05, 0) is 49.2 Å². The molecule has 1 aliphatic heterocycles. The van der Waals surface area contributed by atoms with Crippen molar-refractivity contribution in [3.05, 3.63) is 72.6 Å². The Kier molecular flexibility index (Phi) is 6.12. The van der Waals surface area contributed by atoms with E-state index in [1.807, 2.05) is 19.3 Å². The first-order valence-electron chi connectivity index (χ1n) is 11.3. The molecule has 0 spiro atoms. The lowest BCUT2D eigenvalue weighted by Gasteiger charge is -2.26. The zero-order valence-electron chi connectivity index (χ0n) is 19.4. The van der Waals surface area contributed by atoms with Crippen LogP contribution in [0.4, 0.5) is 16.0 Å². The van der Waals surface area contributed by atoms with Crippen LogP contribution in [0.3, 0.4) is 0 Å². The Morgan fingerprint density at radius 2 is 1.94 bits per heavy atom. The molecule has 1 saturated heterocycles. The lowest BCUT2D eigenvalue weighted by atomic mass is 10.1. The molecule has 182 valence electrons. The number of likely N-dealkylation sites (N-methyl/N-ethyl adjacent to an activating group) is 1. The Morgan fingerprint density at radius 1 is 1.14 bits per heavy atom. The third-order valence-electron chi connectivity index (χ3n) is 6.44. The van der Waals surface area contributed by atoms with Gasteiger partial charge in [-0.3, -0.25) is 0 Å². The van der Waals surface area contributed by atoms with Gasteiger partial charge in [-0.2, -0.15) is 0 Å². The molecule has 0 bridgehead atoms. The Hall–Kier alpha value is -3.57. The molecule has 3 aromatic heterocycles. The summed E-state index contributed by atoms with van der Waals surface area (Å²) in [7, 11) is -1.83. The fraction of sp³-hybridized carbons (Fsp3) is 0.292. The molecule has 0 aliphatic carbocycles. The molecule has 0 amide bonds. The highest BCUT2D eigenvalue weighted by Crippen LogP contribution is 2.28. The highest BCUT2D eigenvalue weighted by Gasteiger charge is 2.29. The fourth-order valence-electron chi connectivity index (χ4n) is 4.41. The molecule has 2 unspecified atom stereocenters. The fourth-order valence-corrected chi connectivity index (χ4v) is 5.58. The summed E-state index contributed by atoms with van der Waals surface area (Å²) in [5.74, 6) is 1.23. The van der Waals surface area contributed by atoms with E-state index in [1.165, 1.54) is 18.3 Å². The molecular formula is C24H26FN7O2S. The Labute approximate surface area is 203 Å². The number of hydrogen-bond acceptors (Lipinski definition) is 7. The Bertz CT molecular complexity index is 1420. The van der Waals surface area contributed by atoms with E-state index in [2.05, 4.69) is 34.5 Å². The van der Waals surface area contributed by atoms with Crippen LogP contribution in [0.5, 0.6) is 0 Å². The van der Waals surface area contributed by atoms with E-state index in [0.717, 1.165) is 36.4 Å². The average molecular weight is 496 g/mol. The number of H-pyrrole nitrogens is 1. The van der Waals surface area contributed by atoms with Crippen LogP contribution in [-0.2, 0) is 10.0 Å². The van der Waals surface area contributed by atoms with Gasteiger partial charge in [-0.15, -0.1) is 0 Å². The van der Waals surface area contributed by atoms with Gasteiger partial charge in [0, 0.05) is 44.6 Å². The van der Waals surface area contributed by atoms with E-state index in [9.17, 15) is 12.8 Å². The van der Waals surface area contributed by atoms with Gasteiger partial charge in [-0.1, -0.05) is 12.1 Å². The van der Waals surface area contributed by atoms with Gasteiger partial charge in [0.15, 0.2) is 0 Å². The van der Waals surface area contributed by atoms with Gasteiger partial charge in [-0.25, -0.2) is 32.5 Å². The molecule has 11 heteroatoms. The molecule has 2 atom stereocenters. The molecular weight excluding hydrogens is 469 g/mol. The summed E-state index contributed by atoms with van der Waals surface area (Å²) in [6.07, 6.45) is 5.71. The summed E-state index contributed by atoms with van der Waals surface area (Å²) >= 11 is 0. The van der Waals surface area contributed by atoms with Crippen LogP contribution in [0.1, 0.15) is 24.9 Å². The van der Waals surface area contributed by atoms with Crippen molar-refractivity contribution in [3.63, 3.8) is 0 Å². The van der Waals surface area contributed by atoms with Crippen LogP contribution in [0.25, 0.3) is 11.0 Å². The number of nitrogens with zero attached hydrogens (tertiary/aromatic N) is 5. The van der Waals surface area contributed by atoms with E-state index in [-0.39, 0.29) is 16.8 Å². The van der Waals surface area contributed by atoms with Crippen molar-refractivity contribution in [2.45, 2.75) is 30.3 Å². The van der Waals surface area contributed by atoms with Crippen LogP contribution < -0.4 is 14.5 Å². The number of anilines is 2. The third-order valence-corrected chi connectivity index (χ3v) is 7.96. The second-order valence-corrected chi connectivity index (χ2v) is 10.4. The molecule has 0 saturated carbocycles.